The first-order valence-electron chi connectivity index (χ1n) is 6.81. The van der Waals surface area contributed by atoms with Gasteiger partial charge in [-0.2, -0.15) is 0 Å². The van der Waals surface area contributed by atoms with E-state index in [4.69, 9.17) is 9.47 Å². The van der Waals surface area contributed by atoms with Crippen LogP contribution in [0.1, 0.15) is 29.1 Å². The van der Waals surface area contributed by atoms with Crippen molar-refractivity contribution in [2.45, 2.75) is 18.8 Å². The third-order valence-electron chi connectivity index (χ3n) is 4.08. The van der Waals surface area contributed by atoms with E-state index in [9.17, 15) is 0 Å². The molecular formula is C17H16O2. The number of benzene rings is 2. The maximum Gasteiger partial charge on any atom is 0.184 e. The van der Waals surface area contributed by atoms with Crippen LogP contribution in [0.3, 0.4) is 0 Å². The Bertz CT molecular complexity index is 579. The standard InChI is InChI=1S/C17H16O2/c1-2-6-12(7-3-1)17-18-11-14-10-13-8-4-5-9-15(13)16(14)19-17/h1-9,14,16-17H,10-11H2/t14-,16+,17+/m0/s1. The number of rotatable bonds is 1. The van der Waals surface area contributed by atoms with Crippen LogP contribution in [-0.4, -0.2) is 6.61 Å². The molecule has 1 aliphatic carbocycles. The number of hydrogen-bond acceptors (Lipinski definition) is 2. The average Bonchev–Trinajstić information content (AvgIpc) is 2.86. The van der Waals surface area contributed by atoms with E-state index in [1.807, 2.05) is 18.2 Å². The number of fused-ring (bicyclic) bond motifs is 3. The van der Waals surface area contributed by atoms with Gasteiger partial charge in [-0.1, -0.05) is 54.6 Å². The summed E-state index contributed by atoms with van der Waals surface area (Å²) in [6, 6.07) is 18.8. The van der Waals surface area contributed by atoms with E-state index in [1.54, 1.807) is 0 Å². The lowest BCUT2D eigenvalue weighted by Crippen LogP contribution is -2.28. The molecule has 3 atom stereocenters. The molecule has 0 unspecified atom stereocenters. The van der Waals surface area contributed by atoms with Crippen LogP contribution in [0.5, 0.6) is 0 Å². The summed E-state index contributed by atoms with van der Waals surface area (Å²) >= 11 is 0. The highest BCUT2D eigenvalue weighted by molar-refractivity contribution is 5.35. The highest BCUT2D eigenvalue weighted by Gasteiger charge is 2.39. The van der Waals surface area contributed by atoms with Crippen molar-refractivity contribution < 1.29 is 9.47 Å². The second-order valence-corrected chi connectivity index (χ2v) is 5.30. The van der Waals surface area contributed by atoms with Gasteiger partial charge in [0.2, 0.25) is 0 Å². The normalized spacial score (nSPS) is 28.7. The minimum Gasteiger partial charge on any atom is -0.348 e. The summed E-state index contributed by atoms with van der Waals surface area (Å²) in [5.41, 5.74) is 3.86. The number of hydrogen-bond donors (Lipinski definition) is 0. The first-order valence-corrected chi connectivity index (χ1v) is 6.81. The fraction of sp³-hybridized carbons (Fsp3) is 0.294. The third kappa shape index (κ3) is 1.88. The van der Waals surface area contributed by atoms with Crippen LogP contribution in [0.2, 0.25) is 0 Å². The minimum atomic E-state index is -0.228. The van der Waals surface area contributed by atoms with Crippen molar-refractivity contribution >= 4 is 0 Å². The van der Waals surface area contributed by atoms with E-state index in [2.05, 4.69) is 36.4 Å². The molecule has 4 rings (SSSR count). The first-order chi connectivity index (χ1) is 9.42. The highest BCUT2D eigenvalue weighted by Crippen LogP contribution is 2.45. The lowest BCUT2D eigenvalue weighted by molar-refractivity contribution is -0.240. The Morgan fingerprint density at radius 1 is 0.895 bits per heavy atom. The molecule has 0 aromatic heterocycles. The topological polar surface area (TPSA) is 18.5 Å². The summed E-state index contributed by atoms with van der Waals surface area (Å²) in [5.74, 6) is 0.470. The van der Waals surface area contributed by atoms with Crippen LogP contribution >= 0.6 is 0 Å². The van der Waals surface area contributed by atoms with Crippen molar-refractivity contribution in [2.75, 3.05) is 6.61 Å². The Kier molecular flexibility index (Phi) is 2.64. The molecule has 1 saturated heterocycles. The zero-order valence-electron chi connectivity index (χ0n) is 10.7. The van der Waals surface area contributed by atoms with Crippen molar-refractivity contribution in [1.29, 1.82) is 0 Å². The molecule has 0 bridgehead atoms. The van der Waals surface area contributed by atoms with Gasteiger partial charge in [-0.15, -0.1) is 0 Å². The van der Waals surface area contributed by atoms with Gasteiger partial charge in [0, 0.05) is 11.5 Å². The van der Waals surface area contributed by atoms with E-state index in [0.29, 0.717) is 5.92 Å². The molecule has 19 heavy (non-hydrogen) atoms. The van der Waals surface area contributed by atoms with Crippen LogP contribution in [0, 0.1) is 5.92 Å². The molecule has 0 amide bonds. The molecule has 2 heteroatoms. The van der Waals surface area contributed by atoms with Crippen LogP contribution in [0.15, 0.2) is 54.6 Å². The minimum absolute atomic E-state index is 0.190. The summed E-state index contributed by atoms with van der Waals surface area (Å²) in [5, 5.41) is 0. The molecule has 2 nitrogen and oxygen atoms in total. The monoisotopic (exact) mass is 252 g/mol. The van der Waals surface area contributed by atoms with E-state index in [1.165, 1.54) is 11.1 Å². The zero-order valence-corrected chi connectivity index (χ0v) is 10.7. The van der Waals surface area contributed by atoms with Crippen molar-refractivity contribution in [1.82, 2.24) is 0 Å². The summed E-state index contributed by atoms with van der Waals surface area (Å²) in [7, 11) is 0. The Hall–Kier alpha value is -1.64. The predicted molar refractivity (Wildman–Crippen MR) is 72.6 cm³/mol. The summed E-state index contributed by atoms with van der Waals surface area (Å²) in [6.45, 7) is 0.777. The Balaban J connectivity index is 1.63. The predicted octanol–water partition coefficient (Wildman–Crippen LogP) is 3.65. The van der Waals surface area contributed by atoms with Gasteiger partial charge in [-0.3, -0.25) is 0 Å². The van der Waals surface area contributed by atoms with Crippen LogP contribution in [-0.2, 0) is 15.9 Å². The van der Waals surface area contributed by atoms with Gasteiger partial charge < -0.3 is 9.47 Å². The second-order valence-electron chi connectivity index (χ2n) is 5.30. The molecule has 0 radical (unpaired) electrons. The maximum absolute atomic E-state index is 6.20. The maximum atomic E-state index is 6.20. The molecular weight excluding hydrogens is 236 g/mol. The van der Waals surface area contributed by atoms with Crippen LogP contribution in [0.4, 0.5) is 0 Å². The summed E-state index contributed by atoms with van der Waals surface area (Å²) in [6.07, 6.45) is 1.03. The van der Waals surface area contributed by atoms with E-state index < -0.39 is 0 Å². The van der Waals surface area contributed by atoms with E-state index in [-0.39, 0.29) is 12.4 Å². The van der Waals surface area contributed by atoms with Crippen molar-refractivity contribution in [3.63, 3.8) is 0 Å². The molecule has 1 fully saturated rings. The van der Waals surface area contributed by atoms with Gasteiger partial charge in [-0.05, 0) is 17.5 Å². The fourth-order valence-electron chi connectivity index (χ4n) is 3.14. The molecule has 1 aliphatic heterocycles. The average molecular weight is 252 g/mol. The lowest BCUT2D eigenvalue weighted by Gasteiger charge is -2.33. The highest BCUT2D eigenvalue weighted by atomic mass is 16.7. The fourth-order valence-corrected chi connectivity index (χ4v) is 3.14. The Morgan fingerprint density at radius 3 is 2.58 bits per heavy atom. The Labute approximate surface area is 113 Å². The van der Waals surface area contributed by atoms with Crippen LogP contribution < -0.4 is 0 Å². The van der Waals surface area contributed by atoms with Gasteiger partial charge in [0.1, 0.15) is 0 Å². The van der Waals surface area contributed by atoms with Gasteiger partial charge >= 0.3 is 0 Å². The zero-order chi connectivity index (χ0) is 12.7. The molecule has 0 saturated carbocycles. The van der Waals surface area contributed by atoms with Crippen molar-refractivity contribution in [3.8, 4) is 0 Å². The smallest absolute Gasteiger partial charge is 0.184 e. The largest absolute Gasteiger partial charge is 0.348 e. The van der Waals surface area contributed by atoms with Gasteiger partial charge in [-0.25, -0.2) is 0 Å². The molecule has 0 spiro atoms. The van der Waals surface area contributed by atoms with Crippen LogP contribution in [0.25, 0.3) is 0 Å². The van der Waals surface area contributed by atoms with E-state index in [0.717, 1.165) is 18.6 Å². The van der Waals surface area contributed by atoms with Gasteiger partial charge in [0.05, 0.1) is 12.7 Å². The molecule has 2 aromatic rings. The van der Waals surface area contributed by atoms with E-state index >= 15 is 0 Å². The lowest BCUT2D eigenvalue weighted by atomic mass is 10.0. The molecule has 2 aliphatic rings. The first kappa shape index (κ1) is 11.2. The molecule has 1 heterocycles. The summed E-state index contributed by atoms with van der Waals surface area (Å²) in [4.78, 5) is 0. The SMILES string of the molecule is c1ccc([C@@H]2OC[C@@H]3Cc4ccccc4[C@@H]3O2)cc1. The molecule has 2 aromatic carbocycles. The Morgan fingerprint density at radius 2 is 1.68 bits per heavy atom. The van der Waals surface area contributed by atoms with Crippen molar-refractivity contribution in [2.24, 2.45) is 5.92 Å². The quantitative estimate of drug-likeness (QED) is 0.771. The van der Waals surface area contributed by atoms with Crippen molar-refractivity contribution in [3.05, 3.63) is 71.3 Å². The van der Waals surface area contributed by atoms with Gasteiger partial charge in [0.25, 0.3) is 0 Å². The number of ether oxygens (including phenoxy) is 2. The second kappa shape index (κ2) is 4.48. The summed E-state index contributed by atoms with van der Waals surface area (Å²) < 4.78 is 12.1. The molecule has 96 valence electrons. The van der Waals surface area contributed by atoms with Gasteiger partial charge in [0.15, 0.2) is 6.29 Å². The third-order valence-corrected chi connectivity index (χ3v) is 4.08. The molecule has 0 N–H and O–H groups in total.